The highest BCUT2D eigenvalue weighted by Gasteiger charge is 2.22. The van der Waals surface area contributed by atoms with Crippen molar-refractivity contribution < 1.29 is 4.79 Å². The van der Waals surface area contributed by atoms with Gasteiger partial charge in [-0.05, 0) is 31.0 Å². The molecule has 0 radical (unpaired) electrons. The third-order valence-electron chi connectivity index (χ3n) is 4.27. The third kappa shape index (κ3) is 3.85. The van der Waals surface area contributed by atoms with E-state index < -0.39 is 0 Å². The zero-order valence-electron chi connectivity index (χ0n) is 15.4. The highest BCUT2D eigenvalue weighted by Crippen LogP contribution is 2.22. The first kappa shape index (κ1) is 17.9. The maximum absolute atomic E-state index is 13.2. The number of hydrogen-bond donors (Lipinski definition) is 0. The van der Waals surface area contributed by atoms with Crippen LogP contribution in [0, 0.1) is 0 Å². The Kier molecular flexibility index (Phi) is 5.84. The van der Waals surface area contributed by atoms with Crippen LogP contribution in [0.3, 0.4) is 0 Å². The number of aromatic nitrogens is 2. The Morgan fingerprint density at radius 2 is 1.50 bits per heavy atom. The average Bonchev–Trinajstić information content (AvgIpc) is 3.14. The fraction of sp³-hybridized carbons (Fsp3) is 0.273. The number of hydrogen-bond acceptors (Lipinski definition) is 2. The van der Waals surface area contributed by atoms with Gasteiger partial charge in [-0.25, -0.2) is 4.68 Å². The smallest absolute Gasteiger partial charge is 0.272 e. The summed E-state index contributed by atoms with van der Waals surface area (Å²) in [5.41, 5.74) is 3.32. The molecule has 26 heavy (non-hydrogen) atoms. The molecule has 0 aliphatic heterocycles. The first-order chi connectivity index (χ1) is 12.7. The molecule has 1 heterocycles. The van der Waals surface area contributed by atoms with Gasteiger partial charge in [0.25, 0.3) is 5.91 Å². The molecule has 0 N–H and O–H groups in total. The number of amides is 1. The molecule has 2 aromatic carbocycles. The molecule has 0 unspecified atom stereocenters. The van der Waals surface area contributed by atoms with Crippen LogP contribution in [0.2, 0.25) is 0 Å². The predicted octanol–water partition coefficient (Wildman–Crippen LogP) is 4.80. The van der Waals surface area contributed by atoms with Crippen molar-refractivity contribution in [1.29, 1.82) is 0 Å². The fourth-order valence-corrected chi connectivity index (χ4v) is 3.07. The summed E-state index contributed by atoms with van der Waals surface area (Å²) in [5.74, 6) is 0.0345. The second-order valence-electron chi connectivity index (χ2n) is 6.32. The van der Waals surface area contributed by atoms with Crippen LogP contribution in [0.1, 0.15) is 37.2 Å². The fourth-order valence-electron chi connectivity index (χ4n) is 3.07. The molecule has 0 saturated carbocycles. The van der Waals surface area contributed by atoms with Crippen molar-refractivity contribution in [2.75, 3.05) is 13.1 Å². The van der Waals surface area contributed by atoms with E-state index in [4.69, 9.17) is 5.10 Å². The molecule has 134 valence electrons. The molecule has 3 rings (SSSR count). The van der Waals surface area contributed by atoms with Crippen LogP contribution in [0.15, 0.2) is 66.7 Å². The monoisotopic (exact) mass is 347 g/mol. The molecule has 4 heteroatoms. The first-order valence-corrected chi connectivity index (χ1v) is 9.24. The molecule has 0 atom stereocenters. The minimum Gasteiger partial charge on any atom is -0.337 e. The second-order valence-corrected chi connectivity index (χ2v) is 6.32. The topological polar surface area (TPSA) is 38.1 Å². The normalized spacial score (nSPS) is 10.7. The van der Waals surface area contributed by atoms with Crippen molar-refractivity contribution in [2.24, 2.45) is 0 Å². The van der Waals surface area contributed by atoms with E-state index in [1.807, 2.05) is 71.6 Å². The molecule has 0 spiro atoms. The highest BCUT2D eigenvalue weighted by molar-refractivity contribution is 5.94. The molecule has 3 aromatic rings. The number of nitrogens with zero attached hydrogens (tertiary/aromatic N) is 3. The van der Waals surface area contributed by atoms with Crippen LogP contribution in [-0.2, 0) is 0 Å². The molecule has 0 bridgehead atoms. The molecule has 0 fully saturated rings. The number of para-hydroxylation sites is 1. The minimum atomic E-state index is 0.0345. The van der Waals surface area contributed by atoms with Crippen LogP contribution in [0.4, 0.5) is 0 Å². The van der Waals surface area contributed by atoms with Crippen LogP contribution in [0.25, 0.3) is 16.9 Å². The Bertz CT molecular complexity index is 834. The number of benzene rings is 2. The Labute approximate surface area is 155 Å². The Morgan fingerprint density at radius 1 is 0.923 bits per heavy atom. The zero-order valence-corrected chi connectivity index (χ0v) is 15.4. The lowest BCUT2D eigenvalue weighted by atomic mass is 10.1. The summed E-state index contributed by atoms with van der Waals surface area (Å²) in [7, 11) is 0. The van der Waals surface area contributed by atoms with Crippen LogP contribution in [0.5, 0.6) is 0 Å². The van der Waals surface area contributed by atoms with Crippen molar-refractivity contribution in [3.63, 3.8) is 0 Å². The Hall–Kier alpha value is -2.88. The van der Waals surface area contributed by atoms with Gasteiger partial charge in [-0.15, -0.1) is 0 Å². The molecule has 1 amide bonds. The Morgan fingerprint density at radius 3 is 2.08 bits per heavy atom. The standard InChI is InChI=1S/C22H25N3O/c1-3-15-24(16-4-2)22(26)21-17-20(18-11-7-5-8-12-18)23-25(21)19-13-9-6-10-14-19/h5-14,17H,3-4,15-16H2,1-2H3. The number of carbonyl (C=O) groups is 1. The van der Waals surface area contributed by atoms with Crippen molar-refractivity contribution >= 4 is 5.91 Å². The molecule has 0 aliphatic carbocycles. The Balaban J connectivity index is 2.07. The van der Waals surface area contributed by atoms with E-state index in [2.05, 4.69) is 13.8 Å². The molecular weight excluding hydrogens is 322 g/mol. The number of carbonyl (C=O) groups excluding carboxylic acids is 1. The SMILES string of the molecule is CCCN(CCC)C(=O)c1cc(-c2ccccc2)nn1-c1ccccc1. The first-order valence-electron chi connectivity index (χ1n) is 9.24. The summed E-state index contributed by atoms with van der Waals surface area (Å²) in [6, 6.07) is 21.7. The van der Waals surface area contributed by atoms with Gasteiger partial charge in [-0.3, -0.25) is 4.79 Å². The number of rotatable bonds is 7. The van der Waals surface area contributed by atoms with E-state index in [1.165, 1.54) is 0 Å². The third-order valence-corrected chi connectivity index (χ3v) is 4.27. The second kappa shape index (κ2) is 8.48. The van der Waals surface area contributed by atoms with Gasteiger partial charge >= 0.3 is 0 Å². The van der Waals surface area contributed by atoms with Crippen molar-refractivity contribution in [1.82, 2.24) is 14.7 Å². The summed E-state index contributed by atoms with van der Waals surface area (Å²) >= 11 is 0. The lowest BCUT2D eigenvalue weighted by Crippen LogP contribution is -2.33. The molecule has 1 aromatic heterocycles. The van der Waals surface area contributed by atoms with Crippen LogP contribution in [-0.4, -0.2) is 33.7 Å². The summed E-state index contributed by atoms with van der Waals surface area (Å²) < 4.78 is 1.77. The van der Waals surface area contributed by atoms with E-state index >= 15 is 0 Å². The zero-order chi connectivity index (χ0) is 18.4. The van der Waals surface area contributed by atoms with Gasteiger partial charge in [-0.2, -0.15) is 5.10 Å². The van der Waals surface area contributed by atoms with Crippen molar-refractivity contribution in [3.8, 4) is 16.9 Å². The highest BCUT2D eigenvalue weighted by atomic mass is 16.2. The maximum atomic E-state index is 13.2. The largest absolute Gasteiger partial charge is 0.337 e. The van der Waals surface area contributed by atoms with E-state index in [9.17, 15) is 4.79 Å². The minimum absolute atomic E-state index is 0.0345. The summed E-state index contributed by atoms with van der Waals surface area (Å²) in [6.45, 7) is 5.71. The van der Waals surface area contributed by atoms with Gasteiger partial charge in [0, 0.05) is 18.7 Å². The average molecular weight is 347 g/mol. The van der Waals surface area contributed by atoms with Crippen LogP contribution >= 0.6 is 0 Å². The molecule has 0 aliphatic rings. The maximum Gasteiger partial charge on any atom is 0.272 e. The van der Waals surface area contributed by atoms with Gasteiger partial charge in [0.1, 0.15) is 5.69 Å². The van der Waals surface area contributed by atoms with Gasteiger partial charge < -0.3 is 4.90 Å². The van der Waals surface area contributed by atoms with Crippen LogP contribution < -0.4 is 0 Å². The lowest BCUT2D eigenvalue weighted by molar-refractivity contribution is 0.0746. The predicted molar refractivity (Wildman–Crippen MR) is 105 cm³/mol. The summed E-state index contributed by atoms with van der Waals surface area (Å²) in [5, 5.41) is 4.74. The summed E-state index contributed by atoms with van der Waals surface area (Å²) in [4.78, 5) is 15.2. The summed E-state index contributed by atoms with van der Waals surface area (Å²) in [6.07, 6.45) is 1.88. The molecule has 0 saturated heterocycles. The van der Waals surface area contributed by atoms with Gasteiger partial charge in [0.2, 0.25) is 0 Å². The quantitative estimate of drug-likeness (QED) is 0.615. The lowest BCUT2D eigenvalue weighted by Gasteiger charge is -2.21. The molecular formula is C22H25N3O. The van der Waals surface area contributed by atoms with Crippen molar-refractivity contribution in [3.05, 3.63) is 72.4 Å². The van der Waals surface area contributed by atoms with Crippen molar-refractivity contribution in [2.45, 2.75) is 26.7 Å². The van der Waals surface area contributed by atoms with Gasteiger partial charge in [0.05, 0.1) is 11.4 Å². The molecule has 4 nitrogen and oxygen atoms in total. The van der Waals surface area contributed by atoms with E-state index in [0.29, 0.717) is 5.69 Å². The van der Waals surface area contributed by atoms with E-state index in [1.54, 1.807) is 4.68 Å². The van der Waals surface area contributed by atoms with E-state index in [-0.39, 0.29) is 5.91 Å². The van der Waals surface area contributed by atoms with Gasteiger partial charge in [0.15, 0.2) is 0 Å². The van der Waals surface area contributed by atoms with E-state index in [0.717, 1.165) is 42.9 Å². The van der Waals surface area contributed by atoms with Gasteiger partial charge in [-0.1, -0.05) is 62.4 Å².